The quantitative estimate of drug-likeness (QED) is 0.674. The van der Waals surface area contributed by atoms with E-state index in [1.54, 1.807) is 18.2 Å². The number of hydrogen-bond donors (Lipinski definition) is 1. The number of hydrogen-bond acceptors (Lipinski definition) is 3. The number of carbonyl (C=O) groups excluding carboxylic acids is 2. The Labute approximate surface area is 156 Å². The minimum absolute atomic E-state index is 0.210. The summed E-state index contributed by atoms with van der Waals surface area (Å²) < 4.78 is 5.06. The Kier molecular flexibility index (Phi) is 5.54. The Hall–Kier alpha value is -2.85. The third-order valence-electron chi connectivity index (χ3n) is 4.06. The summed E-state index contributed by atoms with van der Waals surface area (Å²) in [5.41, 5.74) is 1.32. The van der Waals surface area contributed by atoms with E-state index in [0.717, 1.165) is 16.3 Å². The molecule has 0 saturated heterocycles. The second-order valence-corrected chi connectivity index (χ2v) is 6.38. The van der Waals surface area contributed by atoms with Crippen LogP contribution in [0, 0.1) is 0 Å². The molecule has 5 heteroatoms. The molecular formula is C21H18ClNO3. The van der Waals surface area contributed by atoms with Crippen LogP contribution in [-0.4, -0.2) is 18.5 Å². The molecule has 3 aromatic rings. The molecule has 0 spiro atoms. The van der Waals surface area contributed by atoms with Crippen molar-refractivity contribution in [1.29, 1.82) is 0 Å². The fourth-order valence-corrected chi connectivity index (χ4v) is 3.01. The summed E-state index contributed by atoms with van der Waals surface area (Å²) in [5.74, 6) is -0.943. The van der Waals surface area contributed by atoms with E-state index >= 15 is 0 Å². The van der Waals surface area contributed by atoms with Crippen LogP contribution in [0.1, 0.15) is 28.9 Å². The lowest BCUT2D eigenvalue weighted by atomic mass is 10.00. The fourth-order valence-electron chi connectivity index (χ4n) is 2.82. The first-order chi connectivity index (χ1) is 12.5. The molecule has 3 rings (SSSR count). The smallest absolute Gasteiger partial charge is 0.338 e. The van der Waals surface area contributed by atoms with Gasteiger partial charge in [-0.2, -0.15) is 0 Å². The van der Waals surface area contributed by atoms with E-state index < -0.39 is 5.97 Å². The molecule has 3 aromatic carbocycles. The third-order valence-corrected chi connectivity index (χ3v) is 4.30. The Balaban J connectivity index is 1.61. The number of ether oxygens (including phenoxy) is 1. The molecule has 0 unspecified atom stereocenters. The van der Waals surface area contributed by atoms with E-state index in [4.69, 9.17) is 16.3 Å². The summed E-state index contributed by atoms with van der Waals surface area (Å²) in [5, 5.41) is 5.49. The van der Waals surface area contributed by atoms with Gasteiger partial charge < -0.3 is 10.1 Å². The van der Waals surface area contributed by atoms with Gasteiger partial charge in [-0.1, -0.05) is 60.1 Å². The Morgan fingerprint density at radius 1 is 1.04 bits per heavy atom. The molecule has 0 radical (unpaired) electrons. The number of halogens is 1. The highest BCUT2D eigenvalue weighted by molar-refractivity contribution is 6.30. The summed E-state index contributed by atoms with van der Waals surface area (Å²) in [6, 6.07) is 20.2. The van der Waals surface area contributed by atoms with Crippen LogP contribution in [0.4, 0.5) is 0 Å². The fraction of sp³-hybridized carbons (Fsp3) is 0.143. The monoisotopic (exact) mass is 367 g/mol. The molecule has 1 atom stereocenters. The molecule has 0 aliphatic heterocycles. The van der Waals surface area contributed by atoms with Crippen LogP contribution in [0.25, 0.3) is 10.8 Å². The van der Waals surface area contributed by atoms with E-state index in [1.165, 1.54) is 6.07 Å². The number of benzene rings is 3. The van der Waals surface area contributed by atoms with Crippen molar-refractivity contribution in [3.05, 3.63) is 82.9 Å². The van der Waals surface area contributed by atoms with Crippen LogP contribution >= 0.6 is 11.6 Å². The first-order valence-corrected chi connectivity index (χ1v) is 8.62. The molecule has 0 aliphatic rings. The van der Waals surface area contributed by atoms with Gasteiger partial charge in [0.25, 0.3) is 5.91 Å². The van der Waals surface area contributed by atoms with Crippen LogP contribution in [0.15, 0.2) is 66.7 Å². The largest absolute Gasteiger partial charge is 0.452 e. The molecule has 0 bridgehead atoms. The van der Waals surface area contributed by atoms with Crippen LogP contribution in [0.5, 0.6) is 0 Å². The standard InChI is InChI=1S/C21H18ClNO3/c1-14(18-11-5-7-15-6-2-3-10-19(15)18)23-20(24)13-26-21(25)16-8-4-9-17(22)12-16/h2-12,14H,13H2,1H3,(H,23,24)/t14-/m0/s1. The zero-order valence-electron chi connectivity index (χ0n) is 14.2. The number of rotatable bonds is 5. The van der Waals surface area contributed by atoms with Crippen LogP contribution < -0.4 is 5.32 Å². The van der Waals surface area contributed by atoms with Gasteiger partial charge in [0.05, 0.1) is 11.6 Å². The summed E-state index contributed by atoms with van der Waals surface area (Å²) in [6.07, 6.45) is 0. The van der Waals surface area contributed by atoms with Crippen LogP contribution in [0.2, 0.25) is 5.02 Å². The molecule has 0 fully saturated rings. The molecule has 0 aromatic heterocycles. The van der Waals surface area contributed by atoms with Crippen molar-refractivity contribution < 1.29 is 14.3 Å². The average Bonchev–Trinajstić information content (AvgIpc) is 2.65. The van der Waals surface area contributed by atoms with Gasteiger partial charge in [-0.05, 0) is 41.5 Å². The number of carbonyl (C=O) groups is 2. The normalized spacial score (nSPS) is 11.8. The molecule has 132 valence electrons. The van der Waals surface area contributed by atoms with Gasteiger partial charge in [-0.3, -0.25) is 4.79 Å². The van der Waals surface area contributed by atoms with Crippen molar-refractivity contribution in [1.82, 2.24) is 5.32 Å². The number of esters is 1. The summed E-state index contributed by atoms with van der Waals surface area (Å²) in [6.45, 7) is 1.55. The molecule has 1 amide bonds. The highest BCUT2D eigenvalue weighted by Gasteiger charge is 2.14. The molecule has 26 heavy (non-hydrogen) atoms. The Morgan fingerprint density at radius 2 is 1.77 bits per heavy atom. The second-order valence-electron chi connectivity index (χ2n) is 5.94. The van der Waals surface area contributed by atoms with Gasteiger partial charge in [-0.25, -0.2) is 4.79 Å². The minimum atomic E-state index is -0.583. The third kappa shape index (κ3) is 4.21. The first-order valence-electron chi connectivity index (χ1n) is 8.24. The SMILES string of the molecule is C[C@H](NC(=O)COC(=O)c1cccc(Cl)c1)c1cccc2ccccc12. The van der Waals surface area contributed by atoms with Gasteiger partial charge in [0.15, 0.2) is 6.61 Å². The minimum Gasteiger partial charge on any atom is -0.452 e. The maximum atomic E-state index is 12.2. The summed E-state index contributed by atoms with van der Waals surface area (Å²) >= 11 is 5.85. The molecule has 1 N–H and O–H groups in total. The van der Waals surface area contributed by atoms with E-state index in [-0.39, 0.29) is 18.6 Å². The Bertz CT molecular complexity index is 949. The van der Waals surface area contributed by atoms with Crippen LogP contribution in [-0.2, 0) is 9.53 Å². The van der Waals surface area contributed by atoms with Gasteiger partial charge >= 0.3 is 5.97 Å². The van der Waals surface area contributed by atoms with Crippen molar-refractivity contribution >= 4 is 34.2 Å². The maximum absolute atomic E-state index is 12.2. The number of nitrogens with one attached hydrogen (secondary N) is 1. The van der Waals surface area contributed by atoms with E-state index in [2.05, 4.69) is 5.32 Å². The van der Waals surface area contributed by atoms with Gasteiger partial charge in [0.1, 0.15) is 0 Å². The lowest BCUT2D eigenvalue weighted by Crippen LogP contribution is -2.31. The van der Waals surface area contributed by atoms with E-state index in [1.807, 2.05) is 49.4 Å². The summed E-state index contributed by atoms with van der Waals surface area (Å²) in [4.78, 5) is 24.1. The van der Waals surface area contributed by atoms with Crippen molar-refractivity contribution in [3.63, 3.8) is 0 Å². The lowest BCUT2D eigenvalue weighted by molar-refractivity contribution is -0.124. The van der Waals surface area contributed by atoms with Crippen molar-refractivity contribution in [2.45, 2.75) is 13.0 Å². The average molecular weight is 368 g/mol. The number of fused-ring (bicyclic) bond motifs is 1. The second kappa shape index (κ2) is 8.02. The van der Waals surface area contributed by atoms with E-state index in [0.29, 0.717) is 10.6 Å². The number of amides is 1. The van der Waals surface area contributed by atoms with E-state index in [9.17, 15) is 9.59 Å². The first kappa shape index (κ1) is 18.0. The lowest BCUT2D eigenvalue weighted by Gasteiger charge is -2.16. The van der Waals surface area contributed by atoms with Crippen molar-refractivity contribution in [2.75, 3.05) is 6.61 Å². The molecule has 0 aliphatic carbocycles. The van der Waals surface area contributed by atoms with Crippen molar-refractivity contribution in [3.8, 4) is 0 Å². The van der Waals surface area contributed by atoms with Crippen molar-refractivity contribution in [2.24, 2.45) is 0 Å². The molecular weight excluding hydrogens is 350 g/mol. The zero-order chi connectivity index (χ0) is 18.5. The zero-order valence-corrected chi connectivity index (χ0v) is 15.0. The van der Waals surface area contributed by atoms with Crippen LogP contribution in [0.3, 0.4) is 0 Å². The maximum Gasteiger partial charge on any atom is 0.338 e. The highest BCUT2D eigenvalue weighted by atomic mass is 35.5. The van der Waals surface area contributed by atoms with Gasteiger partial charge in [0.2, 0.25) is 0 Å². The molecule has 4 nitrogen and oxygen atoms in total. The highest BCUT2D eigenvalue weighted by Crippen LogP contribution is 2.24. The van der Waals surface area contributed by atoms with Gasteiger partial charge in [0, 0.05) is 5.02 Å². The predicted octanol–water partition coefficient (Wildman–Crippen LogP) is 4.53. The molecule has 0 heterocycles. The van der Waals surface area contributed by atoms with Gasteiger partial charge in [-0.15, -0.1) is 0 Å². The molecule has 0 saturated carbocycles. The predicted molar refractivity (Wildman–Crippen MR) is 102 cm³/mol. The summed E-state index contributed by atoms with van der Waals surface area (Å²) in [7, 11) is 0. The Morgan fingerprint density at radius 3 is 2.58 bits per heavy atom. The topological polar surface area (TPSA) is 55.4 Å².